The first kappa shape index (κ1) is 27.9. The van der Waals surface area contributed by atoms with Crippen molar-refractivity contribution in [2.45, 2.75) is 72.3 Å². The highest BCUT2D eigenvalue weighted by Crippen LogP contribution is 2.32. The second-order valence-corrected chi connectivity index (χ2v) is 10.9. The molecule has 2 saturated heterocycles. The van der Waals surface area contributed by atoms with Crippen LogP contribution in [-0.2, 0) is 38.8 Å². The molecule has 2 unspecified atom stereocenters. The second kappa shape index (κ2) is 12.1. The molecule has 2 aromatic carbocycles. The lowest BCUT2D eigenvalue weighted by Crippen LogP contribution is -2.49. The summed E-state index contributed by atoms with van der Waals surface area (Å²) in [6.07, 6.45) is 1.38. The van der Waals surface area contributed by atoms with Crippen LogP contribution in [0.2, 0.25) is 0 Å². The van der Waals surface area contributed by atoms with Crippen LogP contribution in [0, 0.1) is 11.2 Å². The van der Waals surface area contributed by atoms with Crippen LogP contribution in [0.4, 0.5) is 9.18 Å². The van der Waals surface area contributed by atoms with E-state index in [1.807, 2.05) is 51.1 Å². The zero-order valence-corrected chi connectivity index (χ0v) is 22.6. The zero-order chi connectivity index (χ0) is 27.3. The fourth-order valence-corrected chi connectivity index (χ4v) is 4.89. The third-order valence-electron chi connectivity index (χ3n) is 6.75. The van der Waals surface area contributed by atoms with Gasteiger partial charge in [-0.05, 0) is 30.9 Å². The van der Waals surface area contributed by atoms with E-state index in [0.717, 1.165) is 24.8 Å². The number of benzene rings is 2. The molecule has 0 saturated carbocycles. The minimum Gasteiger partial charge on any atom is -0.488 e. The van der Waals surface area contributed by atoms with Gasteiger partial charge in [-0.15, -0.1) is 0 Å². The van der Waals surface area contributed by atoms with Gasteiger partial charge in [0.05, 0.1) is 6.61 Å². The van der Waals surface area contributed by atoms with Gasteiger partial charge < -0.3 is 23.8 Å². The molecule has 0 radical (unpaired) electrons. The molecule has 0 bridgehead atoms. The van der Waals surface area contributed by atoms with Crippen molar-refractivity contribution in [1.82, 2.24) is 9.80 Å². The summed E-state index contributed by atoms with van der Waals surface area (Å²) < 4.78 is 38.2. The number of amides is 2. The van der Waals surface area contributed by atoms with Crippen molar-refractivity contribution in [3.05, 3.63) is 65.0 Å². The van der Waals surface area contributed by atoms with Gasteiger partial charge in [-0.1, -0.05) is 51.1 Å². The van der Waals surface area contributed by atoms with Crippen LogP contribution in [0.5, 0.6) is 5.75 Å². The Morgan fingerprint density at radius 1 is 1.08 bits per heavy atom. The molecule has 8 nitrogen and oxygen atoms in total. The van der Waals surface area contributed by atoms with Gasteiger partial charge in [0, 0.05) is 36.3 Å². The van der Waals surface area contributed by atoms with Crippen LogP contribution < -0.4 is 4.74 Å². The molecule has 2 amide bonds. The molecule has 0 N–H and O–H groups in total. The summed E-state index contributed by atoms with van der Waals surface area (Å²) in [5, 5.41) is 0. The molecule has 2 fully saturated rings. The summed E-state index contributed by atoms with van der Waals surface area (Å²) in [7, 11) is 1.67. The minimum atomic E-state index is -0.667. The van der Waals surface area contributed by atoms with E-state index < -0.39 is 18.1 Å². The quantitative estimate of drug-likeness (QED) is 0.467. The summed E-state index contributed by atoms with van der Waals surface area (Å²) >= 11 is 0. The number of hydrogen-bond acceptors (Lipinski definition) is 6. The SMILES string of the molecule is CN1C(=O)CN(C(=O)OCc2cc(COC3CCCCO3)c(OCc3ccccc3)cc2F)C1C(C)(C)C. The lowest BCUT2D eigenvalue weighted by Gasteiger charge is -2.37. The van der Waals surface area contributed by atoms with Gasteiger partial charge in [0.15, 0.2) is 6.29 Å². The van der Waals surface area contributed by atoms with Gasteiger partial charge in [-0.3, -0.25) is 9.69 Å². The minimum absolute atomic E-state index is 0.0769. The molecule has 0 aromatic heterocycles. The molecule has 2 atom stereocenters. The summed E-state index contributed by atoms with van der Waals surface area (Å²) in [6.45, 7) is 6.56. The van der Waals surface area contributed by atoms with E-state index in [9.17, 15) is 9.59 Å². The number of rotatable bonds is 8. The van der Waals surface area contributed by atoms with Gasteiger partial charge in [0.25, 0.3) is 0 Å². The van der Waals surface area contributed by atoms with Crippen molar-refractivity contribution >= 4 is 12.0 Å². The van der Waals surface area contributed by atoms with Crippen molar-refractivity contribution in [2.75, 3.05) is 20.2 Å². The lowest BCUT2D eigenvalue weighted by molar-refractivity contribution is -0.169. The van der Waals surface area contributed by atoms with Crippen LogP contribution in [-0.4, -0.2) is 54.5 Å². The van der Waals surface area contributed by atoms with Crippen LogP contribution in [0.15, 0.2) is 42.5 Å². The van der Waals surface area contributed by atoms with Crippen LogP contribution >= 0.6 is 0 Å². The molecule has 206 valence electrons. The monoisotopic (exact) mass is 528 g/mol. The maximum absolute atomic E-state index is 15.2. The lowest BCUT2D eigenvalue weighted by atomic mass is 9.91. The highest BCUT2D eigenvalue weighted by Gasteiger charge is 2.45. The Morgan fingerprint density at radius 3 is 2.53 bits per heavy atom. The topological polar surface area (TPSA) is 77.5 Å². The molecule has 2 aliphatic heterocycles. The Balaban J connectivity index is 1.48. The average molecular weight is 529 g/mol. The Kier molecular flexibility index (Phi) is 8.89. The molecular weight excluding hydrogens is 491 g/mol. The van der Waals surface area contributed by atoms with Crippen molar-refractivity contribution in [3.8, 4) is 5.75 Å². The Bertz CT molecular complexity index is 1110. The van der Waals surface area contributed by atoms with Gasteiger partial charge in [0.1, 0.15) is 37.5 Å². The number of halogens is 1. The van der Waals surface area contributed by atoms with Gasteiger partial charge in [-0.2, -0.15) is 0 Å². The van der Waals surface area contributed by atoms with Crippen molar-refractivity contribution in [1.29, 1.82) is 0 Å². The fraction of sp³-hybridized carbons (Fsp3) is 0.517. The maximum atomic E-state index is 15.2. The van der Waals surface area contributed by atoms with E-state index in [-0.39, 0.29) is 49.5 Å². The molecule has 2 heterocycles. The highest BCUT2D eigenvalue weighted by molar-refractivity contribution is 5.86. The highest BCUT2D eigenvalue weighted by atomic mass is 19.1. The number of carbonyl (C=O) groups is 2. The fourth-order valence-electron chi connectivity index (χ4n) is 4.89. The predicted molar refractivity (Wildman–Crippen MR) is 138 cm³/mol. The molecule has 0 spiro atoms. The summed E-state index contributed by atoms with van der Waals surface area (Å²) in [4.78, 5) is 28.2. The van der Waals surface area contributed by atoms with E-state index in [0.29, 0.717) is 17.9 Å². The second-order valence-electron chi connectivity index (χ2n) is 10.9. The molecule has 0 aliphatic carbocycles. The standard InChI is InChI=1S/C29H37FN2O6/c1-29(2,3)27-31(4)25(33)16-32(27)28(34)38-18-21-14-22(19-37-26-12-8-9-13-35-26)24(15-23(21)30)36-17-20-10-6-5-7-11-20/h5-7,10-11,14-15,26-27H,8-9,12-13,16-19H2,1-4H3. The third kappa shape index (κ3) is 6.82. The van der Waals surface area contributed by atoms with E-state index >= 15 is 4.39 Å². The summed E-state index contributed by atoms with van der Waals surface area (Å²) in [6, 6.07) is 12.5. The third-order valence-corrected chi connectivity index (χ3v) is 6.75. The molecule has 38 heavy (non-hydrogen) atoms. The molecular formula is C29H37FN2O6. The normalized spacial score (nSPS) is 20.1. The Hall–Kier alpha value is -3.17. The number of hydrogen-bond donors (Lipinski definition) is 0. The van der Waals surface area contributed by atoms with Crippen molar-refractivity contribution in [2.24, 2.45) is 5.41 Å². The summed E-state index contributed by atoms with van der Waals surface area (Å²) in [5.74, 6) is -0.366. The predicted octanol–water partition coefficient (Wildman–Crippen LogP) is 5.23. The maximum Gasteiger partial charge on any atom is 0.412 e. The van der Waals surface area contributed by atoms with E-state index in [4.69, 9.17) is 18.9 Å². The van der Waals surface area contributed by atoms with Gasteiger partial charge in [0.2, 0.25) is 5.91 Å². The number of nitrogens with zero attached hydrogens (tertiary/aromatic N) is 2. The summed E-state index contributed by atoms with van der Waals surface area (Å²) in [5.41, 5.74) is 1.40. The first-order chi connectivity index (χ1) is 18.1. The van der Waals surface area contributed by atoms with Crippen LogP contribution in [0.1, 0.15) is 56.7 Å². The first-order valence-electron chi connectivity index (χ1n) is 13.0. The Morgan fingerprint density at radius 2 is 1.84 bits per heavy atom. The molecule has 4 rings (SSSR count). The number of ether oxygens (including phenoxy) is 4. The van der Waals surface area contributed by atoms with E-state index in [1.54, 1.807) is 18.0 Å². The average Bonchev–Trinajstić information content (AvgIpc) is 3.21. The van der Waals surface area contributed by atoms with Crippen LogP contribution in [0.3, 0.4) is 0 Å². The number of carbonyl (C=O) groups excluding carboxylic acids is 2. The van der Waals surface area contributed by atoms with Gasteiger partial charge in [-0.25, -0.2) is 9.18 Å². The number of likely N-dealkylation sites (N-methyl/N-ethyl adjacent to an activating group) is 1. The molecule has 2 aromatic rings. The molecule has 2 aliphatic rings. The van der Waals surface area contributed by atoms with Crippen molar-refractivity contribution < 1.29 is 32.9 Å². The molecule has 9 heteroatoms. The smallest absolute Gasteiger partial charge is 0.412 e. The zero-order valence-electron chi connectivity index (χ0n) is 22.6. The van der Waals surface area contributed by atoms with Gasteiger partial charge >= 0.3 is 6.09 Å². The van der Waals surface area contributed by atoms with E-state index in [1.165, 1.54) is 11.0 Å². The van der Waals surface area contributed by atoms with E-state index in [2.05, 4.69) is 0 Å². The first-order valence-corrected chi connectivity index (χ1v) is 13.0. The van der Waals surface area contributed by atoms with Crippen molar-refractivity contribution in [3.63, 3.8) is 0 Å². The largest absolute Gasteiger partial charge is 0.488 e. The Labute approximate surface area is 223 Å². The van der Waals surface area contributed by atoms with Crippen LogP contribution in [0.25, 0.3) is 0 Å².